The van der Waals surface area contributed by atoms with Crippen molar-refractivity contribution in [1.82, 2.24) is 4.98 Å². The molecule has 0 saturated heterocycles. The van der Waals surface area contributed by atoms with E-state index in [9.17, 15) is 4.79 Å². The van der Waals surface area contributed by atoms with Crippen LogP contribution in [0.25, 0.3) is 0 Å². The second-order valence-corrected chi connectivity index (χ2v) is 3.58. The van der Waals surface area contributed by atoms with Crippen LogP contribution in [-0.4, -0.2) is 10.9 Å². The molecule has 1 heterocycles. The minimum absolute atomic E-state index is 0.0779. The van der Waals surface area contributed by atoms with Crippen LogP contribution in [0.4, 0.5) is 11.4 Å². The van der Waals surface area contributed by atoms with Crippen molar-refractivity contribution in [1.29, 1.82) is 0 Å². The summed E-state index contributed by atoms with van der Waals surface area (Å²) >= 11 is 0. The van der Waals surface area contributed by atoms with Gasteiger partial charge in [-0.15, -0.1) is 0 Å². The molecule has 1 saturated carbocycles. The molecule has 0 aromatic carbocycles. The first-order valence-electron chi connectivity index (χ1n) is 4.78. The lowest BCUT2D eigenvalue weighted by Gasteiger charge is -2.24. The molecule has 0 aliphatic heterocycles. The van der Waals surface area contributed by atoms with Gasteiger partial charge in [-0.3, -0.25) is 9.78 Å². The Morgan fingerprint density at radius 3 is 2.93 bits per heavy atom. The maximum atomic E-state index is 11.6. The third-order valence-electron chi connectivity index (χ3n) is 2.59. The SMILES string of the molecule is Nc1cnccc1NC(=O)C1CCC1. The highest BCUT2D eigenvalue weighted by molar-refractivity contribution is 5.95. The summed E-state index contributed by atoms with van der Waals surface area (Å²) < 4.78 is 0. The number of rotatable bonds is 2. The Morgan fingerprint density at radius 2 is 2.36 bits per heavy atom. The molecule has 1 aromatic rings. The van der Waals surface area contributed by atoms with E-state index in [2.05, 4.69) is 10.3 Å². The molecular weight excluding hydrogens is 178 g/mol. The minimum atomic E-state index is 0.0779. The molecule has 1 aromatic heterocycles. The molecule has 0 unspecified atom stereocenters. The molecule has 0 radical (unpaired) electrons. The van der Waals surface area contributed by atoms with Crippen LogP contribution in [-0.2, 0) is 4.79 Å². The summed E-state index contributed by atoms with van der Waals surface area (Å²) in [7, 11) is 0. The number of nitrogens with two attached hydrogens (primary N) is 1. The molecule has 2 rings (SSSR count). The zero-order chi connectivity index (χ0) is 9.97. The van der Waals surface area contributed by atoms with E-state index < -0.39 is 0 Å². The number of carbonyl (C=O) groups is 1. The molecule has 0 spiro atoms. The monoisotopic (exact) mass is 191 g/mol. The van der Waals surface area contributed by atoms with Gasteiger partial charge in [-0.05, 0) is 18.9 Å². The maximum Gasteiger partial charge on any atom is 0.227 e. The van der Waals surface area contributed by atoms with Gasteiger partial charge in [0, 0.05) is 12.1 Å². The molecule has 14 heavy (non-hydrogen) atoms. The van der Waals surface area contributed by atoms with Gasteiger partial charge in [0.15, 0.2) is 0 Å². The van der Waals surface area contributed by atoms with Crippen LogP contribution in [0.2, 0.25) is 0 Å². The van der Waals surface area contributed by atoms with Crippen molar-refractivity contribution >= 4 is 17.3 Å². The van der Waals surface area contributed by atoms with Gasteiger partial charge in [-0.2, -0.15) is 0 Å². The van der Waals surface area contributed by atoms with E-state index in [0.29, 0.717) is 11.4 Å². The summed E-state index contributed by atoms with van der Waals surface area (Å²) in [6.07, 6.45) is 6.31. The first-order chi connectivity index (χ1) is 6.77. The molecular formula is C10H13N3O. The summed E-state index contributed by atoms with van der Waals surface area (Å²) in [6, 6.07) is 1.71. The minimum Gasteiger partial charge on any atom is -0.396 e. The molecule has 0 bridgehead atoms. The number of carbonyl (C=O) groups excluding carboxylic acids is 1. The molecule has 1 aliphatic rings. The average molecular weight is 191 g/mol. The average Bonchev–Trinajstić information content (AvgIpc) is 2.05. The van der Waals surface area contributed by atoms with E-state index in [0.717, 1.165) is 19.3 Å². The van der Waals surface area contributed by atoms with Gasteiger partial charge < -0.3 is 11.1 Å². The fourth-order valence-corrected chi connectivity index (χ4v) is 1.43. The topological polar surface area (TPSA) is 68.0 Å². The zero-order valence-corrected chi connectivity index (χ0v) is 7.86. The quantitative estimate of drug-likeness (QED) is 0.742. The van der Waals surface area contributed by atoms with E-state index in [-0.39, 0.29) is 11.8 Å². The number of anilines is 2. The highest BCUT2D eigenvalue weighted by atomic mass is 16.1. The van der Waals surface area contributed by atoms with Crippen molar-refractivity contribution in [2.45, 2.75) is 19.3 Å². The number of nitrogens with one attached hydrogen (secondary N) is 1. The first kappa shape index (κ1) is 8.99. The Labute approximate surface area is 82.5 Å². The number of nitrogen functional groups attached to an aromatic ring is 1. The molecule has 0 atom stereocenters. The van der Waals surface area contributed by atoms with Crippen molar-refractivity contribution in [2.24, 2.45) is 5.92 Å². The van der Waals surface area contributed by atoms with Gasteiger partial charge in [0.2, 0.25) is 5.91 Å². The van der Waals surface area contributed by atoms with Gasteiger partial charge >= 0.3 is 0 Å². The third kappa shape index (κ3) is 1.69. The van der Waals surface area contributed by atoms with Gasteiger partial charge in [-0.1, -0.05) is 6.42 Å². The Morgan fingerprint density at radius 1 is 1.57 bits per heavy atom. The van der Waals surface area contributed by atoms with Crippen LogP contribution < -0.4 is 11.1 Å². The normalized spacial score (nSPS) is 16.0. The molecule has 1 fully saturated rings. The summed E-state index contributed by atoms with van der Waals surface area (Å²) in [5.41, 5.74) is 6.83. The number of aromatic nitrogens is 1. The predicted molar refractivity (Wildman–Crippen MR) is 54.6 cm³/mol. The zero-order valence-electron chi connectivity index (χ0n) is 7.86. The third-order valence-corrected chi connectivity index (χ3v) is 2.59. The second kappa shape index (κ2) is 3.65. The fraction of sp³-hybridized carbons (Fsp3) is 0.400. The Kier molecular flexibility index (Phi) is 2.35. The number of hydrogen-bond acceptors (Lipinski definition) is 3. The molecule has 1 amide bonds. The molecule has 3 N–H and O–H groups in total. The van der Waals surface area contributed by atoms with Gasteiger partial charge in [0.05, 0.1) is 17.6 Å². The largest absolute Gasteiger partial charge is 0.396 e. The van der Waals surface area contributed by atoms with E-state index in [1.165, 1.54) is 6.20 Å². The van der Waals surface area contributed by atoms with Crippen molar-refractivity contribution < 1.29 is 4.79 Å². The van der Waals surface area contributed by atoms with Crippen LogP contribution in [0.15, 0.2) is 18.5 Å². The molecule has 4 nitrogen and oxygen atoms in total. The van der Waals surface area contributed by atoms with Gasteiger partial charge in [0.1, 0.15) is 0 Å². The van der Waals surface area contributed by atoms with Gasteiger partial charge in [-0.25, -0.2) is 0 Å². The van der Waals surface area contributed by atoms with E-state index in [1.54, 1.807) is 12.3 Å². The van der Waals surface area contributed by atoms with Crippen molar-refractivity contribution in [2.75, 3.05) is 11.1 Å². The summed E-state index contributed by atoms with van der Waals surface area (Å²) in [5.74, 6) is 0.261. The smallest absolute Gasteiger partial charge is 0.227 e. The first-order valence-corrected chi connectivity index (χ1v) is 4.78. The van der Waals surface area contributed by atoms with Crippen LogP contribution in [0.5, 0.6) is 0 Å². The summed E-state index contributed by atoms with van der Waals surface area (Å²) in [5, 5.41) is 2.81. The lowest BCUT2D eigenvalue weighted by Crippen LogP contribution is -2.28. The summed E-state index contributed by atoms with van der Waals surface area (Å²) in [6.45, 7) is 0. The lowest BCUT2D eigenvalue weighted by molar-refractivity contribution is -0.122. The molecule has 74 valence electrons. The van der Waals surface area contributed by atoms with Crippen LogP contribution in [0.1, 0.15) is 19.3 Å². The number of hydrogen-bond donors (Lipinski definition) is 2. The number of nitrogens with zero attached hydrogens (tertiary/aromatic N) is 1. The standard InChI is InChI=1S/C10H13N3O/c11-8-6-12-5-4-9(8)13-10(14)7-2-1-3-7/h4-7H,1-3,11H2,(H,12,13,14). The Bertz CT molecular complexity index is 347. The number of amides is 1. The van der Waals surface area contributed by atoms with E-state index in [4.69, 9.17) is 5.73 Å². The van der Waals surface area contributed by atoms with Crippen LogP contribution in [0, 0.1) is 5.92 Å². The highest BCUT2D eigenvalue weighted by Crippen LogP contribution is 2.28. The van der Waals surface area contributed by atoms with Crippen LogP contribution in [0.3, 0.4) is 0 Å². The lowest BCUT2D eigenvalue weighted by atomic mass is 9.85. The Balaban J connectivity index is 2.03. The molecule has 1 aliphatic carbocycles. The maximum absolute atomic E-state index is 11.6. The molecule has 4 heteroatoms. The van der Waals surface area contributed by atoms with Crippen LogP contribution >= 0.6 is 0 Å². The number of pyridine rings is 1. The summed E-state index contributed by atoms with van der Waals surface area (Å²) in [4.78, 5) is 15.4. The Hall–Kier alpha value is -1.58. The highest BCUT2D eigenvalue weighted by Gasteiger charge is 2.25. The van der Waals surface area contributed by atoms with Crippen molar-refractivity contribution in [3.63, 3.8) is 0 Å². The predicted octanol–water partition coefficient (Wildman–Crippen LogP) is 1.40. The van der Waals surface area contributed by atoms with E-state index in [1.807, 2.05) is 0 Å². The fourth-order valence-electron chi connectivity index (χ4n) is 1.43. The van der Waals surface area contributed by atoms with E-state index >= 15 is 0 Å². The van der Waals surface area contributed by atoms with Crippen molar-refractivity contribution in [3.05, 3.63) is 18.5 Å². The second-order valence-electron chi connectivity index (χ2n) is 3.58. The van der Waals surface area contributed by atoms with Crippen molar-refractivity contribution in [3.8, 4) is 0 Å². The van der Waals surface area contributed by atoms with Gasteiger partial charge in [0.25, 0.3) is 0 Å².